The smallest absolute Gasteiger partial charge is 0.132 e. The number of para-hydroxylation sites is 2. The van der Waals surface area contributed by atoms with Gasteiger partial charge >= 0.3 is 0 Å². The first kappa shape index (κ1) is 33.0. The molecule has 0 aromatic heterocycles. The normalized spacial score (nSPS) is 14.4. The molecule has 0 radical (unpaired) electrons. The molecule has 1 aliphatic heterocycles. The summed E-state index contributed by atoms with van der Waals surface area (Å²) in [6.45, 7) is 4.74. The predicted octanol–water partition coefficient (Wildman–Crippen LogP) is 14.8. The van der Waals surface area contributed by atoms with Crippen LogP contribution in [0.5, 0.6) is 11.5 Å². The van der Waals surface area contributed by atoms with Crippen LogP contribution in [-0.2, 0) is 10.8 Å². The standard InChI is InChI=1S/C56H39NO/c1-55(2)44-20-9-8-19-42(44)43-33-32-40(35-49(43)55)57(39-30-27-37(28-31-39)36-15-4-3-5-16-36)50-24-14-23-47-54(50)53-41-18-7-6-17-38(41)29-34-48(53)56(47)45-21-10-12-25-51(45)58-52-26-13-11-22-46(52)56/h3-35H,1-2H3. The maximum atomic E-state index is 6.72. The maximum Gasteiger partial charge on any atom is 0.132 e. The molecule has 0 saturated carbocycles. The molecule has 0 bridgehead atoms. The van der Waals surface area contributed by atoms with Gasteiger partial charge in [-0.3, -0.25) is 0 Å². The third-order valence-corrected chi connectivity index (χ3v) is 13.1. The van der Waals surface area contributed by atoms with Gasteiger partial charge in [-0.05, 0) is 103 Å². The number of nitrogens with zero attached hydrogens (tertiary/aromatic N) is 1. The number of hydrogen-bond acceptors (Lipinski definition) is 2. The van der Waals surface area contributed by atoms with Crippen molar-refractivity contribution in [3.8, 4) is 44.9 Å². The Morgan fingerprint density at radius 3 is 1.76 bits per heavy atom. The van der Waals surface area contributed by atoms with Gasteiger partial charge in [0.2, 0.25) is 0 Å². The van der Waals surface area contributed by atoms with Crippen LogP contribution in [0.3, 0.4) is 0 Å². The molecular weight excluding hydrogens is 703 g/mol. The van der Waals surface area contributed by atoms with E-state index < -0.39 is 5.41 Å². The van der Waals surface area contributed by atoms with Crippen molar-refractivity contribution in [2.24, 2.45) is 0 Å². The van der Waals surface area contributed by atoms with E-state index in [1.54, 1.807) is 0 Å². The van der Waals surface area contributed by atoms with Gasteiger partial charge < -0.3 is 9.64 Å². The van der Waals surface area contributed by atoms with Gasteiger partial charge in [0.25, 0.3) is 0 Å². The Labute approximate surface area is 339 Å². The number of fused-ring (bicyclic) bond motifs is 14. The predicted molar refractivity (Wildman–Crippen MR) is 239 cm³/mol. The molecule has 0 atom stereocenters. The molecule has 2 nitrogen and oxygen atoms in total. The van der Waals surface area contributed by atoms with Crippen molar-refractivity contribution in [3.05, 3.63) is 234 Å². The van der Waals surface area contributed by atoms with Crippen molar-refractivity contribution in [2.45, 2.75) is 24.7 Å². The summed E-state index contributed by atoms with van der Waals surface area (Å²) in [5.41, 5.74) is 17.8. The molecule has 0 unspecified atom stereocenters. The highest BCUT2D eigenvalue weighted by Crippen LogP contribution is 2.65. The van der Waals surface area contributed by atoms with Crippen molar-refractivity contribution in [2.75, 3.05) is 4.90 Å². The van der Waals surface area contributed by atoms with Crippen molar-refractivity contribution < 1.29 is 4.74 Å². The van der Waals surface area contributed by atoms with E-state index in [0.29, 0.717) is 0 Å². The summed E-state index contributed by atoms with van der Waals surface area (Å²) in [4.78, 5) is 2.51. The molecule has 1 heterocycles. The first-order chi connectivity index (χ1) is 28.5. The molecule has 0 amide bonds. The lowest BCUT2D eigenvalue weighted by atomic mass is 9.66. The van der Waals surface area contributed by atoms with E-state index in [2.05, 4.69) is 219 Å². The highest BCUT2D eigenvalue weighted by atomic mass is 16.5. The van der Waals surface area contributed by atoms with Crippen LogP contribution in [0.2, 0.25) is 0 Å². The van der Waals surface area contributed by atoms with E-state index in [4.69, 9.17) is 4.74 Å². The van der Waals surface area contributed by atoms with Gasteiger partial charge in [0, 0.05) is 33.5 Å². The van der Waals surface area contributed by atoms with Gasteiger partial charge in [0.15, 0.2) is 0 Å². The van der Waals surface area contributed by atoms with Gasteiger partial charge in [-0.15, -0.1) is 0 Å². The van der Waals surface area contributed by atoms with Crippen LogP contribution in [0.25, 0.3) is 44.2 Å². The summed E-state index contributed by atoms with van der Waals surface area (Å²) in [5.74, 6) is 1.79. The Kier molecular flexibility index (Phi) is 6.93. The molecular formula is C56H39NO. The monoisotopic (exact) mass is 741 g/mol. The van der Waals surface area contributed by atoms with E-state index >= 15 is 0 Å². The van der Waals surface area contributed by atoms with Gasteiger partial charge in [0.1, 0.15) is 11.5 Å². The van der Waals surface area contributed by atoms with Gasteiger partial charge in [-0.25, -0.2) is 0 Å². The Morgan fingerprint density at radius 1 is 0.397 bits per heavy atom. The van der Waals surface area contributed by atoms with Crippen molar-refractivity contribution in [1.82, 2.24) is 0 Å². The minimum atomic E-state index is -0.597. The average molecular weight is 742 g/mol. The fourth-order valence-corrected chi connectivity index (χ4v) is 10.6. The molecule has 274 valence electrons. The molecule has 0 N–H and O–H groups in total. The summed E-state index contributed by atoms with van der Waals surface area (Å²) in [6, 6.07) is 73.6. The number of benzene rings is 9. The first-order valence-electron chi connectivity index (χ1n) is 20.3. The van der Waals surface area contributed by atoms with E-state index in [0.717, 1.165) is 39.7 Å². The molecule has 3 aliphatic rings. The van der Waals surface area contributed by atoms with Crippen LogP contribution in [0, 0.1) is 0 Å². The zero-order chi connectivity index (χ0) is 38.6. The minimum Gasteiger partial charge on any atom is -0.457 e. The van der Waals surface area contributed by atoms with Crippen LogP contribution >= 0.6 is 0 Å². The zero-order valence-corrected chi connectivity index (χ0v) is 32.4. The summed E-state index contributed by atoms with van der Waals surface area (Å²) < 4.78 is 6.72. The zero-order valence-electron chi connectivity index (χ0n) is 32.4. The molecule has 2 aliphatic carbocycles. The summed E-state index contributed by atoms with van der Waals surface area (Å²) >= 11 is 0. The lowest BCUT2D eigenvalue weighted by molar-refractivity contribution is 0.436. The van der Waals surface area contributed by atoms with Gasteiger partial charge in [0.05, 0.1) is 11.1 Å². The van der Waals surface area contributed by atoms with Crippen LogP contribution < -0.4 is 9.64 Å². The second-order valence-corrected chi connectivity index (χ2v) is 16.4. The van der Waals surface area contributed by atoms with Crippen LogP contribution in [0.15, 0.2) is 200 Å². The average Bonchev–Trinajstić information content (AvgIpc) is 3.70. The first-order valence-corrected chi connectivity index (χ1v) is 20.3. The lowest BCUT2D eigenvalue weighted by Gasteiger charge is -2.39. The summed E-state index contributed by atoms with van der Waals surface area (Å²) in [7, 11) is 0. The minimum absolute atomic E-state index is 0.147. The molecule has 1 spiro atoms. The fraction of sp³-hybridized carbons (Fsp3) is 0.0714. The summed E-state index contributed by atoms with van der Waals surface area (Å²) in [5, 5.41) is 2.47. The van der Waals surface area contributed by atoms with E-state index in [1.807, 2.05) is 0 Å². The largest absolute Gasteiger partial charge is 0.457 e. The molecule has 58 heavy (non-hydrogen) atoms. The molecule has 12 rings (SSSR count). The molecule has 0 saturated heterocycles. The van der Waals surface area contributed by atoms with Crippen molar-refractivity contribution in [1.29, 1.82) is 0 Å². The molecule has 9 aromatic rings. The fourth-order valence-electron chi connectivity index (χ4n) is 10.6. The molecule has 2 heteroatoms. The third kappa shape index (κ3) is 4.43. The Hall–Kier alpha value is -7.16. The number of hydrogen-bond donors (Lipinski definition) is 0. The quantitative estimate of drug-likeness (QED) is 0.178. The van der Waals surface area contributed by atoms with Crippen molar-refractivity contribution in [3.63, 3.8) is 0 Å². The molecule has 9 aromatic carbocycles. The third-order valence-electron chi connectivity index (χ3n) is 13.1. The topological polar surface area (TPSA) is 12.5 Å². The number of anilines is 3. The number of rotatable bonds is 4. The maximum absolute atomic E-state index is 6.72. The van der Waals surface area contributed by atoms with Gasteiger partial charge in [-0.1, -0.05) is 172 Å². The lowest BCUT2D eigenvalue weighted by Crippen LogP contribution is -2.32. The highest BCUT2D eigenvalue weighted by Gasteiger charge is 2.52. The van der Waals surface area contributed by atoms with Crippen LogP contribution in [0.1, 0.15) is 47.2 Å². The molecule has 0 fully saturated rings. The van der Waals surface area contributed by atoms with E-state index in [1.165, 1.54) is 66.4 Å². The SMILES string of the molecule is CC1(C)c2ccccc2-c2ccc(N(c3ccc(-c4ccccc4)cc3)c3cccc4c3-c3c(ccc5ccccc35)C43c4ccccc4Oc4ccccc43)cc21. The second kappa shape index (κ2) is 12.2. The Morgan fingerprint density at radius 2 is 0.983 bits per heavy atom. The van der Waals surface area contributed by atoms with Crippen molar-refractivity contribution >= 4 is 27.8 Å². The highest BCUT2D eigenvalue weighted by molar-refractivity contribution is 6.09. The van der Waals surface area contributed by atoms with E-state index in [-0.39, 0.29) is 5.41 Å². The van der Waals surface area contributed by atoms with Crippen LogP contribution in [-0.4, -0.2) is 0 Å². The van der Waals surface area contributed by atoms with E-state index in [9.17, 15) is 0 Å². The summed E-state index contributed by atoms with van der Waals surface area (Å²) in [6.07, 6.45) is 0. The van der Waals surface area contributed by atoms with Gasteiger partial charge in [-0.2, -0.15) is 0 Å². The number of ether oxygens (including phenoxy) is 1. The Balaban J connectivity index is 1.18. The second-order valence-electron chi connectivity index (χ2n) is 16.4. The van der Waals surface area contributed by atoms with Crippen LogP contribution in [0.4, 0.5) is 17.1 Å². The Bertz CT molecular complexity index is 3080.